The van der Waals surface area contributed by atoms with Crippen molar-refractivity contribution in [1.29, 1.82) is 0 Å². The number of nitrogens with one attached hydrogen (secondary N) is 1. The van der Waals surface area contributed by atoms with E-state index in [0.717, 1.165) is 29.2 Å². The summed E-state index contributed by atoms with van der Waals surface area (Å²) in [4.78, 5) is 14.9. The average molecular weight is 376 g/mol. The lowest BCUT2D eigenvalue weighted by molar-refractivity contribution is 0.0702. The number of hydrogen-bond donors (Lipinski definition) is 1. The van der Waals surface area contributed by atoms with E-state index in [2.05, 4.69) is 17.3 Å². The molecule has 1 unspecified atom stereocenters. The van der Waals surface area contributed by atoms with Crippen LogP contribution in [0.3, 0.4) is 0 Å². The van der Waals surface area contributed by atoms with Gasteiger partial charge in [-0.05, 0) is 49.4 Å². The molecule has 1 amide bonds. The minimum atomic E-state index is -0.0298. The van der Waals surface area contributed by atoms with Crippen molar-refractivity contribution >= 4 is 5.91 Å². The molecule has 0 aliphatic carbocycles. The van der Waals surface area contributed by atoms with E-state index in [0.29, 0.717) is 18.8 Å². The summed E-state index contributed by atoms with van der Waals surface area (Å²) in [6, 6.07) is 19.8. The number of para-hydroxylation sites is 1. The van der Waals surface area contributed by atoms with Crippen LogP contribution < -0.4 is 10.1 Å². The molecule has 28 heavy (non-hydrogen) atoms. The SMILES string of the molecule is COc1ccc(-c2cc(C(=O)N3CCNC(C)C3)nn2-c2ccccc2)cc1. The number of methoxy groups -OCH3 is 1. The zero-order valence-corrected chi connectivity index (χ0v) is 16.1. The molecule has 0 spiro atoms. The number of nitrogens with zero attached hydrogens (tertiary/aromatic N) is 3. The van der Waals surface area contributed by atoms with Gasteiger partial charge in [-0.1, -0.05) is 18.2 Å². The first-order valence-corrected chi connectivity index (χ1v) is 9.48. The van der Waals surface area contributed by atoms with Crippen molar-refractivity contribution in [2.45, 2.75) is 13.0 Å². The number of carbonyl (C=O) groups excluding carboxylic acids is 1. The summed E-state index contributed by atoms with van der Waals surface area (Å²) in [5.41, 5.74) is 3.23. The van der Waals surface area contributed by atoms with Gasteiger partial charge in [-0.25, -0.2) is 4.68 Å². The maximum absolute atomic E-state index is 13.1. The fourth-order valence-electron chi connectivity index (χ4n) is 3.50. The largest absolute Gasteiger partial charge is 0.497 e. The molecule has 0 radical (unpaired) electrons. The summed E-state index contributed by atoms with van der Waals surface area (Å²) in [5.74, 6) is 0.762. The second kappa shape index (κ2) is 7.86. The summed E-state index contributed by atoms with van der Waals surface area (Å²) < 4.78 is 7.10. The zero-order chi connectivity index (χ0) is 19.5. The molecule has 4 rings (SSSR count). The molecular formula is C22H24N4O2. The lowest BCUT2D eigenvalue weighted by atomic mass is 10.1. The van der Waals surface area contributed by atoms with Crippen LogP contribution in [-0.4, -0.2) is 53.4 Å². The Balaban J connectivity index is 1.74. The maximum Gasteiger partial charge on any atom is 0.274 e. The summed E-state index contributed by atoms with van der Waals surface area (Å²) in [6.45, 7) is 4.27. The molecule has 144 valence electrons. The summed E-state index contributed by atoms with van der Waals surface area (Å²) in [5, 5.41) is 8.04. The normalized spacial score (nSPS) is 16.8. The van der Waals surface area contributed by atoms with E-state index in [1.807, 2.05) is 70.2 Å². The third-order valence-electron chi connectivity index (χ3n) is 4.97. The minimum Gasteiger partial charge on any atom is -0.497 e. The molecule has 1 aromatic heterocycles. The van der Waals surface area contributed by atoms with Crippen LogP contribution in [0.2, 0.25) is 0 Å². The summed E-state index contributed by atoms with van der Waals surface area (Å²) in [6.07, 6.45) is 0. The molecule has 0 saturated carbocycles. The molecule has 1 saturated heterocycles. The fourth-order valence-corrected chi connectivity index (χ4v) is 3.50. The highest BCUT2D eigenvalue weighted by Gasteiger charge is 2.25. The molecule has 1 fully saturated rings. The van der Waals surface area contributed by atoms with Gasteiger partial charge in [0.2, 0.25) is 0 Å². The van der Waals surface area contributed by atoms with Gasteiger partial charge < -0.3 is 15.0 Å². The van der Waals surface area contributed by atoms with Gasteiger partial charge in [-0.15, -0.1) is 0 Å². The van der Waals surface area contributed by atoms with Crippen LogP contribution in [-0.2, 0) is 0 Å². The van der Waals surface area contributed by atoms with E-state index in [1.165, 1.54) is 0 Å². The fraction of sp³-hybridized carbons (Fsp3) is 0.273. The second-order valence-corrected chi connectivity index (χ2v) is 7.00. The van der Waals surface area contributed by atoms with Gasteiger partial charge in [0.15, 0.2) is 5.69 Å². The molecule has 6 heteroatoms. The number of carbonyl (C=O) groups is 1. The van der Waals surface area contributed by atoms with Gasteiger partial charge in [0.25, 0.3) is 5.91 Å². The first kappa shape index (κ1) is 18.3. The van der Waals surface area contributed by atoms with Crippen molar-refractivity contribution in [2.75, 3.05) is 26.7 Å². The van der Waals surface area contributed by atoms with Crippen molar-refractivity contribution in [3.63, 3.8) is 0 Å². The van der Waals surface area contributed by atoms with Crippen LogP contribution in [0.1, 0.15) is 17.4 Å². The molecule has 1 N–H and O–H groups in total. The van der Waals surface area contributed by atoms with Gasteiger partial charge in [-0.2, -0.15) is 5.10 Å². The standard InChI is InChI=1S/C22H24N4O2/c1-16-15-25(13-12-23-16)22(27)20-14-21(17-8-10-19(28-2)11-9-17)26(24-20)18-6-4-3-5-7-18/h3-11,14,16,23H,12-13,15H2,1-2H3. The molecule has 1 aliphatic rings. The summed E-state index contributed by atoms with van der Waals surface area (Å²) in [7, 11) is 1.65. The Kier molecular flexibility index (Phi) is 5.12. The number of ether oxygens (including phenoxy) is 1. The Bertz CT molecular complexity index is 950. The third-order valence-corrected chi connectivity index (χ3v) is 4.97. The van der Waals surface area contributed by atoms with Gasteiger partial charge >= 0.3 is 0 Å². The van der Waals surface area contributed by atoms with Gasteiger partial charge in [0, 0.05) is 31.2 Å². The quantitative estimate of drug-likeness (QED) is 0.761. The van der Waals surface area contributed by atoms with Crippen LogP contribution in [0.4, 0.5) is 0 Å². The van der Waals surface area contributed by atoms with Gasteiger partial charge in [0.05, 0.1) is 18.5 Å². The predicted molar refractivity (Wildman–Crippen MR) is 109 cm³/mol. The summed E-state index contributed by atoms with van der Waals surface area (Å²) >= 11 is 0. The van der Waals surface area contributed by atoms with Crippen molar-refractivity contribution < 1.29 is 9.53 Å². The first-order valence-electron chi connectivity index (χ1n) is 9.48. The maximum atomic E-state index is 13.1. The lowest BCUT2D eigenvalue weighted by Crippen LogP contribution is -2.51. The van der Waals surface area contributed by atoms with E-state index in [-0.39, 0.29) is 11.9 Å². The van der Waals surface area contributed by atoms with E-state index in [1.54, 1.807) is 7.11 Å². The molecule has 2 aromatic carbocycles. The predicted octanol–water partition coefficient (Wildman–Crippen LogP) is 2.98. The second-order valence-electron chi connectivity index (χ2n) is 7.00. The molecule has 2 heterocycles. The monoisotopic (exact) mass is 376 g/mol. The number of aromatic nitrogens is 2. The van der Waals surface area contributed by atoms with Crippen LogP contribution in [0, 0.1) is 0 Å². The molecule has 1 atom stereocenters. The Hall–Kier alpha value is -3.12. The van der Waals surface area contributed by atoms with Crippen molar-refractivity contribution in [3.8, 4) is 22.7 Å². The average Bonchev–Trinajstić information content (AvgIpc) is 3.19. The molecule has 3 aromatic rings. The van der Waals surface area contributed by atoms with Gasteiger partial charge in [0.1, 0.15) is 5.75 Å². The Labute approximate surface area is 164 Å². The van der Waals surface area contributed by atoms with Crippen LogP contribution in [0.15, 0.2) is 60.7 Å². The van der Waals surface area contributed by atoms with Crippen LogP contribution in [0.25, 0.3) is 16.9 Å². The van der Waals surface area contributed by atoms with Crippen LogP contribution >= 0.6 is 0 Å². The Morgan fingerprint density at radius 1 is 1.14 bits per heavy atom. The lowest BCUT2D eigenvalue weighted by Gasteiger charge is -2.31. The number of piperazine rings is 1. The number of rotatable bonds is 4. The number of benzene rings is 2. The van der Waals surface area contributed by atoms with E-state index in [9.17, 15) is 4.79 Å². The highest BCUT2D eigenvalue weighted by molar-refractivity contribution is 5.93. The highest BCUT2D eigenvalue weighted by atomic mass is 16.5. The first-order chi connectivity index (χ1) is 13.7. The molecule has 0 bridgehead atoms. The Morgan fingerprint density at radius 2 is 1.89 bits per heavy atom. The minimum absolute atomic E-state index is 0.0298. The zero-order valence-electron chi connectivity index (χ0n) is 16.1. The van der Waals surface area contributed by atoms with Gasteiger partial charge in [-0.3, -0.25) is 4.79 Å². The van der Waals surface area contributed by atoms with Crippen LogP contribution in [0.5, 0.6) is 5.75 Å². The smallest absolute Gasteiger partial charge is 0.274 e. The van der Waals surface area contributed by atoms with E-state index >= 15 is 0 Å². The van der Waals surface area contributed by atoms with E-state index in [4.69, 9.17) is 4.74 Å². The molecular weight excluding hydrogens is 352 g/mol. The molecule has 1 aliphatic heterocycles. The third kappa shape index (κ3) is 3.64. The van der Waals surface area contributed by atoms with E-state index < -0.39 is 0 Å². The molecule has 6 nitrogen and oxygen atoms in total. The Morgan fingerprint density at radius 3 is 2.57 bits per heavy atom. The van der Waals surface area contributed by atoms with Crippen molar-refractivity contribution in [2.24, 2.45) is 0 Å². The number of hydrogen-bond acceptors (Lipinski definition) is 4. The highest BCUT2D eigenvalue weighted by Crippen LogP contribution is 2.26. The van der Waals surface area contributed by atoms with Crippen molar-refractivity contribution in [1.82, 2.24) is 20.0 Å². The topological polar surface area (TPSA) is 59.4 Å². The van der Waals surface area contributed by atoms with Crippen molar-refractivity contribution in [3.05, 3.63) is 66.4 Å². The number of amides is 1.